The fourth-order valence-electron chi connectivity index (χ4n) is 2.14. The van der Waals surface area contributed by atoms with E-state index >= 15 is 0 Å². The normalized spacial score (nSPS) is 19.1. The number of aliphatic carboxylic acids is 1. The van der Waals surface area contributed by atoms with Crippen LogP contribution in [0.15, 0.2) is 18.2 Å². The summed E-state index contributed by atoms with van der Waals surface area (Å²) in [6.45, 7) is 2.44. The Balaban J connectivity index is 1.96. The zero-order valence-corrected chi connectivity index (χ0v) is 14.5. The van der Waals surface area contributed by atoms with Gasteiger partial charge in [0.15, 0.2) is 5.60 Å². The molecule has 0 bridgehead atoms. The third-order valence-corrected chi connectivity index (χ3v) is 3.98. The number of hydrogen-bond donors (Lipinski definition) is 4. The standard InChI is InChI=1S/C16H21ClN2O6/c1-16(23,14(20)21)9-18-15(22)19-12-6-11(17)2-3-13(12)25-8-10-4-5-24-7-10/h2-3,6,10,23H,4-5,7-9H2,1H3,(H,20,21)(H2,18,19,22). The molecular weight excluding hydrogens is 352 g/mol. The lowest BCUT2D eigenvalue weighted by Crippen LogP contribution is -2.47. The molecule has 2 unspecified atom stereocenters. The van der Waals surface area contributed by atoms with E-state index < -0.39 is 24.1 Å². The van der Waals surface area contributed by atoms with Crippen LogP contribution in [0.5, 0.6) is 5.75 Å². The van der Waals surface area contributed by atoms with E-state index in [1.165, 1.54) is 6.07 Å². The summed E-state index contributed by atoms with van der Waals surface area (Å²) in [5.74, 6) is -0.696. The number of rotatable bonds is 7. The van der Waals surface area contributed by atoms with E-state index in [9.17, 15) is 14.7 Å². The number of ether oxygens (including phenoxy) is 2. The van der Waals surface area contributed by atoms with Crippen LogP contribution in [0.1, 0.15) is 13.3 Å². The minimum atomic E-state index is -2.06. The summed E-state index contributed by atoms with van der Waals surface area (Å²) in [7, 11) is 0. The summed E-state index contributed by atoms with van der Waals surface area (Å²) in [6, 6.07) is 4.12. The Bertz CT molecular complexity index is 631. The first-order chi connectivity index (χ1) is 11.8. The van der Waals surface area contributed by atoms with Gasteiger partial charge >= 0.3 is 12.0 Å². The highest BCUT2D eigenvalue weighted by Gasteiger charge is 2.30. The molecule has 0 radical (unpaired) electrons. The van der Waals surface area contributed by atoms with Crippen LogP contribution in [0.3, 0.4) is 0 Å². The van der Waals surface area contributed by atoms with Crippen molar-refractivity contribution in [3.63, 3.8) is 0 Å². The smallest absolute Gasteiger partial charge is 0.337 e. The number of benzene rings is 1. The fraction of sp³-hybridized carbons (Fsp3) is 0.500. The minimum Gasteiger partial charge on any atom is -0.491 e. The number of carboxylic acid groups (broad SMARTS) is 1. The summed E-state index contributed by atoms with van der Waals surface area (Å²) in [5, 5.41) is 23.7. The third kappa shape index (κ3) is 5.77. The molecule has 2 amide bonds. The molecule has 0 saturated carbocycles. The molecule has 1 aliphatic rings. The first-order valence-corrected chi connectivity index (χ1v) is 8.16. The average Bonchev–Trinajstić information content (AvgIpc) is 3.05. The van der Waals surface area contributed by atoms with Gasteiger partial charge in [-0.15, -0.1) is 0 Å². The van der Waals surface area contributed by atoms with E-state index in [0.29, 0.717) is 42.2 Å². The topological polar surface area (TPSA) is 117 Å². The number of carbonyl (C=O) groups excluding carboxylic acids is 1. The lowest BCUT2D eigenvalue weighted by Gasteiger charge is -2.19. The molecule has 1 fully saturated rings. The van der Waals surface area contributed by atoms with Crippen molar-refractivity contribution in [2.45, 2.75) is 18.9 Å². The molecule has 138 valence electrons. The zero-order chi connectivity index (χ0) is 18.4. The summed E-state index contributed by atoms with van der Waals surface area (Å²) in [5.41, 5.74) is -1.72. The van der Waals surface area contributed by atoms with Crippen molar-refractivity contribution < 1.29 is 29.3 Å². The first-order valence-electron chi connectivity index (χ1n) is 7.78. The first kappa shape index (κ1) is 19.3. The lowest BCUT2D eigenvalue weighted by atomic mass is 10.1. The van der Waals surface area contributed by atoms with Gasteiger partial charge in [-0.05, 0) is 31.5 Å². The molecule has 1 aliphatic heterocycles. The van der Waals surface area contributed by atoms with Crippen LogP contribution < -0.4 is 15.4 Å². The van der Waals surface area contributed by atoms with Gasteiger partial charge in [0.05, 0.1) is 25.4 Å². The molecule has 1 heterocycles. The number of urea groups is 1. The van der Waals surface area contributed by atoms with Gasteiger partial charge in [0.2, 0.25) is 0 Å². The molecule has 1 aromatic rings. The summed E-state index contributed by atoms with van der Waals surface area (Å²) in [4.78, 5) is 22.8. The summed E-state index contributed by atoms with van der Waals surface area (Å²) < 4.78 is 11.0. The molecule has 0 aliphatic carbocycles. The Morgan fingerprint density at radius 2 is 2.24 bits per heavy atom. The van der Waals surface area contributed by atoms with Crippen LogP contribution in [0.2, 0.25) is 5.02 Å². The molecule has 2 rings (SSSR count). The van der Waals surface area contributed by atoms with Gasteiger partial charge in [-0.25, -0.2) is 9.59 Å². The molecule has 25 heavy (non-hydrogen) atoms. The van der Waals surface area contributed by atoms with Crippen molar-refractivity contribution in [1.82, 2.24) is 5.32 Å². The third-order valence-electron chi connectivity index (χ3n) is 3.74. The van der Waals surface area contributed by atoms with Crippen molar-refractivity contribution >= 4 is 29.3 Å². The maximum absolute atomic E-state index is 12.0. The van der Waals surface area contributed by atoms with Crippen molar-refractivity contribution in [1.29, 1.82) is 0 Å². The second kappa shape index (κ2) is 8.37. The van der Waals surface area contributed by atoms with Gasteiger partial charge in [0.1, 0.15) is 5.75 Å². The number of amides is 2. The zero-order valence-electron chi connectivity index (χ0n) is 13.8. The van der Waals surface area contributed by atoms with Crippen LogP contribution in [-0.2, 0) is 9.53 Å². The van der Waals surface area contributed by atoms with E-state index in [4.69, 9.17) is 26.2 Å². The molecule has 0 aromatic heterocycles. The van der Waals surface area contributed by atoms with Gasteiger partial charge in [-0.3, -0.25) is 0 Å². The van der Waals surface area contributed by atoms with E-state index in [2.05, 4.69) is 10.6 Å². The fourth-order valence-corrected chi connectivity index (χ4v) is 2.31. The number of carboxylic acids is 1. The SMILES string of the molecule is CC(O)(CNC(=O)Nc1cc(Cl)ccc1OCC1CCOC1)C(=O)O. The van der Waals surface area contributed by atoms with Crippen molar-refractivity contribution in [3.05, 3.63) is 23.2 Å². The van der Waals surface area contributed by atoms with Gasteiger partial charge in [-0.2, -0.15) is 0 Å². The minimum absolute atomic E-state index is 0.294. The molecule has 8 nitrogen and oxygen atoms in total. The number of carbonyl (C=O) groups is 2. The van der Waals surface area contributed by atoms with E-state index in [1.807, 2.05) is 0 Å². The molecule has 9 heteroatoms. The largest absolute Gasteiger partial charge is 0.491 e. The predicted octanol–water partition coefficient (Wildman–Crippen LogP) is 1.71. The van der Waals surface area contributed by atoms with Crippen LogP contribution in [0, 0.1) is 5.92 Å². The Morgan fingerprint density at radius 3 is 2.88 bits per heavy atom. The number of nitrogens with one attached hydrogen (secondary N) is 2. The average molecular weight is 373 g/mol. The highest BCUT2D eigenvalue weighted by molar-refractivity contribution is 6.31. The molecular formula is C16H21ClN2O6. The maximum Gasteiger partial charge on any atom is 0.337 e. The van der Waals surface area contributed by atoms with E-state index in [-0.39, 0.29) is 0 Å². The Hall–Kier alpha value is -2.03. The van der Waals surface area contributed by atoms with Gasteiger partial charge in [0, 0.05) is 17.5 Å². The molecule has 0 spiro atoms. The Kier molecular flexibility index (Phi) is 6.46. The second-order valence-electron chi connectivity index (χ2n) is 6.07. The monoisotopic (exact) mass is 372 g/mol. The number of anilines is 1. The van der Waals surface area contributed by atoms with Crippen LogP contribution in [0.25, 0.3) is 0 Å². The van der Waals surface area contributed by atoms with Gasteiger partial charge in [-0.1, -0.05) is 11.6 Å². The maximum atomic E-state index is 12.0. The number of aliphatic hydroxyl groups is 1. The molecule has 1 saturated heterocycles. The second-order valence-corrected chi connectivity index (χ2v) is 6.50. The van der Waals surface area contributed by atoms with E-state index in [0.717, 1.165) is 13.3 Å². The highest BCUT2D eigenvalue weighted by atomic mass is 35.5. The number of halogens is 1. The number of hydrogen-bond acceptors (Lipinski definition) is 5. The molecule has 2 atom stereocenters. The van der Waals surface area contributed by atoms with Crippen LogP contribution in [0.4, 0.5) is 10.5 Å². The highest BCUT2D eigenvalue weighted by Crippen LogP contribution is 2.29. The predicted molar refractivity (Wildman–Crippen MR) is 91.2 cm³/mol. The van der Waals surface area contributed by atoms with Crippen LogP contribution in [-0.4, -0.2) is 54.2 Å². The van der Waals surface area contributed by atoms with Crippen molar-refractivity contribution in [3.8, 4) is 5.75 Å². The lowest BCUT2D eigenvalue weighted by molar-refractivity contribution is -0.155. The van der Waals surface area contributed by atoms with Crippen molar-refractivity contribution in [2.75, 3.05) is 31.7 Å². The van der Waals surface area contributed by atoms with E-state index in [1.54, 1.807) is 12.1 Å². The Morgan fingerprint density at radius 1 is 1.48 bits per heavy atom. The summed E-state index contributed by atoms with van der Waals surface area (Å²) >= 11 is 5.95. The quantitative estimate of drug-likeness (QED) is 0.579. The van der Waals surface area contributed by atoms with Crippen molar-refractivity contribution in [2.24, 2.45) is 5.92 Å². The van der Waals surface area contributed by atoms with Crippen LogP contribution >= 0.6 is 11.6 Å². The van der Waals surface area contributed by atoms with Gasteiger partial charge in [0.25, 0.3) is 0 Å². The Labute approximate surface area is 150 Å². The molecule has 1 aromatic carbocycles. The summed E-state index contributed by atoms with van der Waals surface area (Å²) in [6.07, 6.45) is 0.918. The van der Waals surface area contributed by atoms with Gasteiger partial charge < -0.3 is 30.3 Å². The molecule has 4 N–H and O–H groups in total.